The Kier molecular flexibility index (Phi) is 2.51. The Morgan fingerprint density at radius 2 is 1.80 bits per heavy atom. The SMILES string of the molecule is Cc1cc(F)c(C2(CO)CCC2)c(F)c1. The lowest BCUT2D eigenvalue weighted by Gasteiger charge is -2.41. The third kappa shape index (κ3) is 1.55. The van der Waals surface area contributed by atoms with Crippen LogP contribution in [0.25, 0.3) is 0 Å². The molecule has 1 nitrogen and oxygen atoms in total. The Bertz CT molecular complexity index is 355. The van der Waals surface area contributed by atoms with Crippen molar-refractivity contribution >= 4 is 0 Å². The average molecular weight is 212 g/mol. The molecular formula is C12H14F2O. The number of rotatable bonds is 2. The highest BCUT2D eigenvalue weighted by Gasteiger charge is 2.42. The van der Waals surface area contributed by atoms with Gasteiger partial charge in [0.2, 0.25) is 0 Å². The minimum absolute atomic E-state index is 0.0712. The molecule has 0 atom stereocenters. The summed E-state index contributed by atoms with van der Waals surface area (Å²) in [5.74, 6) is -1.05. The Balaban J connectivity index is 2.52. The number of aryl methyl sites for hydroxylation is 1. The third-order valence-electron chi connectivity index (χ3n) is 3.33. The van der Waals surface area contributed by atoms with Crippen LogP contribution >= 0.6 is 0 Å². The minimum atomic E-state index is -0.665. The van der Waals surface area contributed by atoms with E-state index >= 15 is 0 Å². The molecule has 1 aliphatic rings. The zero-order valence-electron chi connectivity index (χ0n) is 8.69. The molecule has 1 fully saturated rings. The Labute approximate surface area is 87.7 Å². The van der Waals surface area contributed by atoms with Gasteiger partial charge in [0, 0.05) is 11.0 Å². The lowest BCUT2D eigenvalue weighted by Crippen LogP contribution is -2.39. The first-order valence-corrected chi connectivity index (χ1v) is 5.16. The Hall–Kier alpha value is -0.960. The summed E-state index contributed by atoms with van der Waals surface area (Å²) in [6.45, 7) is 1.48. The summed E-state index contributed by atoms with van der Waals surface area (Å²) in [4.78, 5) is 0. The molecule has 2 rings (SSSR count). The molecule has 0 unspecified atom stereocenters. The summed E-state index contributed by atoms with van der Waals surface area (Å²) in [5, 5.41) is 9.27. The zero-order valence-corrected chi connectivity index (χ0v) is 8.69. The molecule has 0 bridgehead atoms. The highest BCUT2D eigenvalue weighted by Crippen LogP contribution is 2.45. The van der Waals surface area contributed by atoms with Crippen LogP contribution in [0.1, 0.15) is 30.4 Å². The Morgan fingerprint density at radius 3 is 2.13 bits per heavy atom. The second kappa shape index (κ2) is 3.56. The normalized spacial score (nSPS) is 18.7. The highest BCUT2D eigenvalue weighted by molar-refractivity contribution is 5.34. The zero-order chi connectivity index (χ0) is 11.1. The first-order valence-electron chi connectivity index (χ1n) is 5.16. The van der Waals surface area contributed by atoms with Crippen LogP contribution in [0, 0.1) is 18.6 Å². The molecule has 0 aliphatic heterocycles. The summed E-state index contributed by atoms with van der Waals surface area (Å²) in [5.41, 5.74) is -0.0231. The molecule has 1 saturated carbocycles. The minimum Gasteiger partial charge on any atom is -0.395 e. The van der Waals surface area contributed by atoms with Gasteiger partial charge in [0.15, 0.2) is 0 Å². The second-order valence-electron chi connectivity index (χ2n) is 4.40. The van der Waals surface area contributed by atoms with Gasteiger partial charge in [-0.1, -0.05) is 6.42 Å². The highest BCUT2D eigenvalue weighted by atomic mass is 19.1. The van der Waals surface area contributed by atoms with E-state index in [0.29, 0.717) is 18.4 Å². The van der Waals surface area contributed by atoms with Crippen LogP contribution < -0.4 is 0 Å². The van der Waals surface area contributed by atoms with E-state index in [4.69, 9.17) is 0 Å². The van der Waals surface area contributed by atoms with Crippen LogP contribution in [0.2, 0.25) is 0 Å². The molecule has 3 heteroatoms. The molecule has 0 aromatic heterocycles. The predicted octanol–water partition coefficient (Wildman–Crippen LogP) is 2.69. The van der Waals surface area contributed by atoms with Gasteiger partial charge in [-0.3, -0.25) is 0 Å². The fourth-order valence-electron chi connectivity index (χ4n) is 2.30. The van der Waals surface area contributed by atoms with Gasteiger partial charge in [0.1, 0.15) is 11.6 Å². The summed E-state index contributed by atoms with van der Waals surface area (Å²) >= 11 is 0. The van der Waals surface area contributed by atoms with Crippen molar-refractivity contribution in [3.63, 3.8) is 0 Å². The number of aliphatic hydroxyl groups excluding tert-OH is 1. The maximum Gasteiger partial charge on any atom is 0.130 e. The summed E-state index contributed by atoms with van der Waals surface area (Å²) in [6, 6.07) is 2.66. The monoisotopic (exact) mass is 212 g/mol. The van der Waals surface area contributed by atoms with Crippen LogP contribution in [0.5, 0.6) is 0 Å². The fourth-order valence-corrected chi connectivity index (χ4v) is 2.30. The molecule has 0 spiro atoms. The van der Waals surface area contributed by atoms with Gasteiger partial charge in [-0.25, -0.2) is 8.78 Å². The van der Waals surface area contributed by atoms with Crippen LogP contribution in [0.15, 0.2) is 12.1 Å². The Morgan fingerprint density at radius 1 is 1.27 bits per heavy atom. The first-order chi connectivity index (χ1) is 7.09. The van der Waals surface area contributed by atoms with Crippen molar-refractivity contribution in [1.82, 2.24) is 0 Å². The standard InChI is InChI=1S/C12H14F2O/c1-8-5-9(13)11(10(14)6-8)12(7-15)3-2-4-12/h5-6,15H,2-4,7H2,1H3. The maximum absolute atomic E-state index is 13.7. The van der Waals surface area contributed by atoms with Gasteiger partial charge in [0.05, 0.1) is 6.61 Å². The molecule has 0 radical (unpaired) electrons. The summed E-state index contributed by atoms with van der Waals surface area (Å²) in [6.07, 6.45) is 2.26. The lowest BCUT2D eigenvalue weighted by molar-refractivity contribution is 0.112. The van der Waals surface area contributed by atoms with Gasteiger partial charge in [-0.2, -0.15) is 0 Å². The molecule has 82 valence electrons. The van der Waals surface area contributed by atoms with Crippen molar-refractivity contribution in [2.75, 3.05) is 6.61 Å². The number of aliphatic hydroxyl groups is 1. The van der Waals surface area contributed by atoms with Gasteiger partial charge < -0.3 is 5.11 Å². The smallest absolute Gasteiger partial charge is 0.130 e. The molecule has 1 N–H and O–H groups in total. The van der Waals surface area contributed by atoms with E-state index in [1.165, 1.54) is 12.1 Å². The van der Waals surface area contributed by atoms with Crippen molar-refractivity contribution in [3.05, 3.63) is 34.9 Å². The molecule has 1 aliphatic carbocycles. The summed E-state index contributed by atoms with van der Waals surface area (Å²) < 4.78 is 27.3. The number of hydrogen-bond donors (Lipinski definition) is 1. The number of halogens is 2. The predicted molar refractivity (Wildman–Crippen MR) is 53.7 cm³/mol. The van der Waals surface area contributed by atoms with Crippen molar-refractivity contribution in [1.29, 1.82) is 0 Å². The van der Waals surface area contributed by atoms with E-state index in [9.17, 15) is 13.9 Å². The topological polar surface area (TPSA) is 20.2 Å². The van der Waals surface area contributed by atoms with Crippen molar-refractivity contribution in [3.8, 4) is 0 Å². The maximum atomic E-state index is 13.7. The van der Waals surface area contributed by atoms with Gasteiger partial charge in [0.25, 0.3) is 0 Å². The molecular weight excluding hydrogens is 198 g/mol. The van der Waals surface area contributed by atoms with Crippen LogP contribution in [0.3, 0.4) is 0 Å². The van der Waals surface area contributed by atoms with Crippen LogP contribution in [-0.2, 0) is 5.41 Å². The van der Waals surface area contributed by atoms with Gasteiger partial charge in [-0.15, -0.1) is 0 Å². The van der Waals surface area contributed by atoms with Crippen molar-refractivity contribution in [2.24, 2.45) is 0 Å². The average Bonchev–Trinajstić information content (AvgIpc) is 2.07. The van der Waals surface area contributed by atoms with Crippen molar-refractivity contribution < 1.29 is 13.9 Å². The molecule has 1 aromatic carbocycles. The van der Waals surface area contributed by atoms with E-state index in [1.807, 2.05) is 0 Å². The number of benzene rings is 1. The third-order valence-corrected chi connectivity index (χ3v) is 3.33. The second-order valence-corrected chi connectivity index (χ2v) is 4.40. The van der Waals surface area contributed by atoms with E-state index < -0.39 is 17.0 Å². The lowest BCUT2D eigenvalue weighted by atomic mass is 9.64. The van der Waals surface area contributed by atoms with E-state index in [2.05, 4.69) is 0 Å². The first kappa shape index (κ1) is 10.6. The fraction of sp³-hybridized carbons (Fsp3) is 0.500. The van der Waals surface area contributed by atoms with E-state index in [-0.39, 0.29) is 12.2 Å². The number of hydrogen-bond acceptors (Lipinski definition) is 1. The van der Waals surface area contributed by atoms with E-state index in [0.717, 1.165) is 6.42 Å². The molecule has 0 saturated heterocycles. The van der Waals surface area contributed by atoms with Gasteiger partial charge >= 0.3 is 0 Å². The van der Waals surface area contributed by atoms with Crippen LogP contribution in [0.4, 0.5) is 8.78 Å². The molecule has 15 heavy (non-hydrogen) atoms. The van der Waals surface area contributed by atoms with E-state index in [1.54, 1.807) is 6.92 Å². The van der Waals surface area contributed by atoms with Crippen molar-refractivity contribution in [2.45, 2.75) is 31.6 Å². The van der Waals surface area contributed by atoms with Gasteiger partial charge in [-0.05, 0) is 37.5 Å². The van der Waals surface area contributed by atoms with Crippen LogP contribution in [-0.4, -0.2) is 11.7 Å². The molecule has 0 amide bonds. The summed E-state index contributed by atoms with van der Waals surface area (Å²) in [7, 11) is 0. The molecule has 0 heterocycles. The largest absolute Gasteiger partial charge is 0.395 e. The quantitative estimate of drug-likeness (QED) is 0.799. The molecule has 1 aromatic rings.